The van der Waals surface area contributed by atoms with E-state index in [-0.39, 0.29) is 34.4 Å². The molecule has 0 spiro atoms. The molecule has 1 aliphatic heterocycles. The first-order valence-corrected chi connectivity index (χ1v) is 14.6. The molecular weight excluding hydrogens is 488 g/mol. The highest BCUT2D eigenvalue weighted by atomic mass is 16.7. The van der Waals surface area contributed by atoms with E-state index in [1.165, 1.54) is 6.07 Å². The fraction of sp³-hybridized carbons (Fsp3) is 0.833. The molecule has 38 heavy (non-hydrogen) atoms. The van der Waals surface area contributed by atoms with Crippen LogP contribution in [0.25, 0.3) is 0 Å². The van der Waals surface area contributed by atoms with Gasteiger partial charge in [0.2, 0.25) is 0 Å². The first-order chi connectivity index (χ1) is 18.0. The zero-order valence-corrected chi connectivity index (χ0v) is 22.8. The first-order valence-electron chi connectivity index (χ1n) is 14.6. The van der Waals surface area contributed by atoms with E-state index < -0.39 is 36.3 Å². The molecule has 8 heteroatoms. The van der Waals surface area contributed by atoms with Crippen molar-refractivity contribution in [3.05, 3.63) is 34.4 Å². The van der Waals surface area contributed by atoms with Gasteiger partial charge in [-0.1, -0.05) is 13.8 Å². The van der Waals surface area contributed by atoms with E-state index >= 15 is 0 Å². The van der Waals surface area contributed by atoms with Gasteiger partial charge in [0.1, 0.15) is 18.3 Å². The highest BCUT2D eigenvalue weighted by Crippen LogP contribution is 2.70. The predicted octanol–water partition coefficient (Wildman–Crippen LogP) is 3.09. The number of hydrogen-bond donors (Lipinski definition) is 4. The number of aliphatic hydroxyl groups excluding tert-OH is 3. The maximum absolute atomic E-state index is 12.4. The van der Waals surface area contributed by atoms with Crippen LogP contribution in [0.5, 0.6) is 0 Å². The molecule has 5 aliphatic rings. The van der Waals surface area contributed by atoms with Crippen LogP contribution in [0.15, 0.2) is 27.6 Å². The zero-order valence-electron chi connectivity index (χ0n) is 22.8. The Morgan fingerprint density at radius 3 is 2.45 bits per heavy atom. The van der Waals surface area contributed by atoms with Crippen LogP contribution in [0, 0.1) is 28.6 Å². The molecule has 4 N–H and O–H groups in total. The summed E-state index contributed by atoms with van der Waals surface area (Å²) >= 11 is 0. The highest BCUT2D eigenvalue weighted by Gasteiger charge is 2.67. The van der Waals surface area contributed by atoms with Crippen molar-refractivity contribution in [2.24, 2.45) is 28.6 Å². The third-order valence-electron chi connectivity index (χ3n) is 12.1. The van der Waals surface area contributed by atoms with Crippen molar-refractivity contribution in [2.45, 2.75) is 127 Å². The van der Waals surface area contributed by atoms with E-state index in [0.29, 0.717) is 11.8 Å². The van der Waals surface area contributed by atoms with Crippen LogP contribution in [0.2, 0.25) is 0 Å². The van der Waals surface area contributed by atoms with Crippen LogP contribution in [-0.4, -0.2) is 62.8 Å². The molecule has 1 saturated heterocycles. The summed E-state index contributed by atoms with van der Waals surface area (Å²) in [4.78, 5) is 11.5. The van der Waals surface area contributed by atoms with Gasteiger partial charge in [0.05, 0.1) is 24.1 Å². The van der Waals surface area contributed by atoms with E-state index in [9.17, 15) is 25.2 Å². The topological polar surface area (TPSA) is 130 Å². The van der Waals surface area contributed by atoms with Crippen molar-refractivity contribution >= 4 is 0 Å². The van der Waals surface area contributed by atoms with Gasteiger partial charge in [-0.2, -0.15) is 0 Å². The average molecular weight is 533 g/mol. The minimum atomic E-state index is -1.28. The molecule has 5 fully saturated rings. The maximum Gasteiger partial charge on any atom is 0.335 e. The van der Waals surface area contributed by atoms with Crippen LogP contribution in [0.1, 0.15) is 90.0 Å². The summed E-state index contributed by atoms with van der Waals surface area (Å²) in [6, 6.07) is 3.38. The first kappa shape index (κ1) is 26.9. The standard InChI is InChI=1S/C30H44O8/c1-16-24(32)25(33)26(34)27(37-16)38-19-8-11-28(2)18(14-19)5-6-22-21(28)9-12-29(3)20(10-13-30(22,29)35)17-4-7-23(31)36-15-17/h4,7,15-16,18-22,24-27,32-35H,5-6,8-14H2,1-3H3/t16-,18+,19-,20+,21?,22?,24-,25+,26+,27-,28-,29+,30-/m0/s1. The molecule has 212 valence electrons. The third kappa shape index (κ3) is 3.89. The molecule has 1 aromatic heterocycles. The molecule has 4 saturated carbocycles. The second kappa shape index (κ2) is 9.38. The van der Waals surface area contributed by atoms with Gasteiger partial charge in [-0.3, -0.25) is 0 Å². The predicted molar refractivity (Wildman–Crippen MR) is 138 cm³/mol. The molecule has 1 aromatic rings. The summed E-state index contributed by atoms with van der Waals surface area (Å²) < 4.78 is 17.1. The van der Waals surface area contributed by atoms with E-state index in [2.05, 4.69) is 13.8 Å². The van der Waals surface area contributed by atoms with Gasteiger partial charge < -0.3 is 34.3 Å². The summed E-state index contributed by atoms with van der Waals surface area (Å²) in [6.07, 6.45) is 4.75. The Bertz CT molecular complexity index is 1070. The smallest absolute Gasteiger partial charge is 0.335 e. The van der Waals surface area contributed by atoms with Crippen LogP contribution in [0.4, 0.5) is 0 Å². The number of fused-ring (bicyclic) bond motifs is 5. The molecule has 2 unspecified atom stereocenters. The van der Waals surface area contributed by atoms with Crippen LogP contribution < -0.4 is 5.63 Å². The largest absolute Gasteiger partial charge is 0.431 e. The Morgan fingerprint density at radius 2 is 1.71 bits per heavy atom. The lowest BCUT2D eigenvalue weighted by Gasteiger charge is -2.63. The van der Waals surface area contributed by atoms with Gasteiger partial charge in [0, 0.05) is 11.5 Å². The minimum absolute atomic E-state index is 0.0699. The molecule has 0 aromatic carbocycles. The normalized spacial score (nSPS) is 52.6. The van der Waals surface area contributed by atoms with E-state index in [1.54, 1.807) is 13.2 Å². The SMILES string of the molecule is C[C@@H]1O[C@@H](O[C@H]2CC[C@]3(C)C4CC[C@]5(C)[C@@H](c6ccc(=O)oc6)CC[C@]5(O)C4CC[C@@H]3C2)[C@H](O)[C@H](O)[C@H]1O. The Balaban J connectivity index is 1.17. The van der Waals surface area contributed by atoms with Crippen molar-refractivity contribution in [3.8, 4) is 0 Å². The third-order valence-corrected chi connectivity index (χ3v) is 12.1. The van der Waals surface area contributed by atoms with Gasteiger partial charge in [-0.15, -0.1) is 0 Å². The van der Waals surface area contributed by atoms with Gasteiger partial charge in [0.15, 0.2) is 6.29 Å². The van der Waals surface area contributed by atoms with E-state index in [4.69, 9.17) is 13.9 Å². The van der Waals surface area contributed by atoms with E-state index in [0.717, 1.165) is 63.4 Å². The van der Waals surface area contributed by atoms with Gasteiger partial charge in [-0.25, -0.2) is 4.79 Å². The lowest BCUT2D eigenvalue weighted by molar-refractivity contribution is -0.310. The lowest BCUT2D eigenvalue weighted by atomic mass is 9.43. The fourth-order valence-corrected chi connectivity index (χ4v) is 9.73. The number of rotatable bonds is 3. The van der Waals surface area contributed by atoms with Crippen molar-refractivity contribution in [1.29, 1.82) is 0 Å². The van der Waals surface area contributed by atoms with Crippen LogP contribution in [-0.2, 0) is 9.47 Å². The van der Waals surface area contributed by atoms with Crippen molar-refractivity contribution in [2.75, 3.05) is 0 Å². The number of ether oxygens (including phenoxy) is 2. The molecule has 0 radical (unpaired) electrons. The summed E-state index contributed by atoms with van der Waals surface area (Å²) in [6.45, 7) is 6.36. The van der Waals surface area contributed by atoms with Gasteiger partial charge in [-0.05, 0) is 105 Å². The van der Waals surface area contributed by atoms with Gasteiger partial charge >= 0.3 is 5.63 Å². The average Bonchev–Trinajstić information content (AvgIpc) is 3.18. The molecule has 6 rings (SSSR count). The Kier molecular flexibility index (Phi) is 6.64. The summed E-state index contributed by atoms with van der Waals surface area (Å²) in [5, 5.41) is 43.1. The molecule has 8 nitrogen and oxygen atoms in total. The van der Waals surface area contributed by atoms with Crippen LogP contribution >= 0.6 is 0 Å². The number of hydrogen-bond acceptors (Lipinski definition) is 8. The molecule has 13 atom stereocenters. The van der Waals surface area contributed by atoms with E-state index in [1.807, 2.05) is 6.07 Å². The molecule has 4 aliphatic carbocycles. The Morgan fingerprint density at radius 1 is 0.921 bits per heavy atom. The van der Waals surface area contributed by atoms with Crippen molar-refractivity contribution in [1.82, 2.24) is 0 Å². The lowest BCUT2D eigenvalue weighted by Crippen LogP contribution is -2.62. The number of aliphatic hydroxyl groups is 4. The highest BCUT2D eigenvalue weighted by molar-refractivity contribution is 5.27. The summed E-state index contributed by atoms with van der Waals surface area (Å²) in [7, 11) is 0. The zero-order chi connectivity index (χ0) is 27.0. The fourth-order valence-electron chi connectivity index (χ4n) is 9.73. The van der Waals surface area contributed by atoms with Crippen molar-refractivity contribution < 1.29 is 34.3 Å². The second-order valence-corrected chi connectivity index (χ2v) is 13.6. The van der Waals surface area contributed by atoms with Crippen molar-refractivity contribution in [3.63, 3.8) is 0 Å². The summed E-state index contributed by atoms with van der Waals surface area (Å²) in [5.74, 6) is 1.35. The maximum atomic E-state index is 12.4. The minimum Gasteiger partial charge on any atom is -0.431 e. The van der Waals surface area contributed by atoms with Crippen LogP contribution in [0.3, 0.4) is 0 Å². The second-order valence-electron chi connectivity index (χ2n) is 13.6. The Labute approximate surface area is 224 Å². The molecule has 0 amide bonds. The summed E-state index contributed by atoms with van der Waals surface area (Å²) in [5.41, 5.74) is -0.168. The Hall–Kier alpha value is -1.29. The monoisotopic (exact) mass is 532 g/mol. The molecule has 2 heterocycles. The molecule has 0 bridgehead atoms. The molecular formula is C30H44O8. The quantitative estimate of drug-likeness (QED) is 0.437. The van der Waals surface area contributed by atoms with Gasteiger partial charge in [0.25, 0.3) is 0 Å².